The second-order valence-corrected chi connectivity index (χ2v) is 5.31. The monoisotopic (exact) mass is 292 g/mol. The van der Waals surface area contributed by atoms with Crippen LogP contribution in [0.4, 0.5) is 0 Å². The second-order valence-electron chi connectivity index (χ2n) is 5.31. The average Bonchev–Trinajstić information content (AvgIpc) is 2.86. The summed E-state index contributed by atoms with van der Waals surface area (Å²) < 4.78 is 9.49. The van der Waals surface area contributed by atoms with E-state index in [1.165, 1.54) is 14.2 Å². The van der Waals surface area contributed by atoms with Crippen LogP contribution in [-0.4, -0.2) is 49.1 Å². The van der Waals surface area contributed by atoms with Gasteiger partial charge in [-0.25, -0.2) is 9.78 Å². The van der Waals surface area contributed by atoms with Gasteiger partial charge in [-0.05, 0) is 18.1 Å². The lowest BCUT2D eigenvalue weighted by Crippen LogP contribution is -2.24. The first kappa shape index (κ1) is 15.4. The topological polar surface area (TPSA) is 68.7 Å². The molecule has 2 unspecified atom stereocenters. The van der Waals surface area contributed by atoms with E-state index in [2.05, 4.69) is 14.6 Å². The molecule has 0 aromatic carbocycles. The van der Waals surface area contributed by atoms with Gasteiger partial charge >= 0.3 is 11.9 Å². The highest BCUT2D eigenvalue weighted by molar-refractivity contribution is 5.87. The fraction of sp³-hybridized carbons (Fsp3) is 0.533. The normalized spacial score (nSPS) is 22.0. The summed E-state index contributed by atoms with van der Waals surface area (Å²) in [6, 6.07) is 5.27. The Balaban J connectivity index is 2.03. The van der Waals surface area contributed by atoms with Crippen molar-refractivity contribution in [1.29, 1.82) is 0 Å². The van der Waals surface area contributed by atoms with Crippen LogP contribution in [-0.2, 0) is 20.8 Å². The number of pyridine rings is 1. The molecule has 0 spiro atoms. The standard InChI is InChI=1S/C15H20N2O4/c1-10-7-17(9-12(10)14(18)20-2)8-11-5-4-6-13(16-11)15(19)21-3/h4-6,10,12H,7-9H2,1-3H3. The third-order valence-corrected chi connectivity index (χ3v) is 3.78. The Kier molecular flexibility index (Phi) is 4.90. The van der Waals surface area contributed by atoms with Crippen molar-refractivity contribution in [2.24, 2.45) is 11.8 Å². The van der Waals surface area contributed by atoms with Gasteiger partial charge in [0.05, 0.1) is 25.8 Å². The molecule has 0 bridgehead atoms. The van der Waals surface area contributed by atoms with Gasteiger partial charge in [-0.2, -0.15) is 0 Å². The summed E-state index contributed by atoms with van der Waals surface area (Å²) in [4.78, 5) is 29.6. The van der Waals surface area contributed by atoms with Crippen LogP contribution in [0.2, 0.25) is 0 Å². The van der Waals surface area contributed by atoms with E-state index in [1.807, 2.05) is 13.0 Å². The maximum absolute atomic E-state index is 11.7. The quantitative estimate of drug-likeness (QED) is 0.774. The number of rotatable bonds is 4. The number of methoxy groups -OCH3 is 2. The van der Waals surface area contributed by atoms with E-state index in [9.17, 15) is 9.59 Å². The largest absolute Gasteiger partial charge is 0.469 e. The first-order valence-electron chi connectivity index (χ1n) is 6.89. The molecule has 6 heteroatoms. The molecular weight excluding hydrogens is 272 g/mol. The molecule has 21 heavy (non-hydrogen) atoms. The molecule has 0 radical (unpaired) electrons. The van der Waals surface area contributed by atoms with Crippen LogP contribution in [0.5, 0.6) is 0 Å². The van der Waals surface area contributed by atoms with E-state index < -0.39 is 5.97 Å². The molecule has 1 fully saturated rings. The van der Waals surface area contributed by atoms with Gasteiger partial charge in [0.25, 0.3) is 0 Å². The molecule has 2 rings (SSSR count). The number of carbonyl (C=O) groups is 2. The van der Waals surface area contributed by atoms with Crippen LogP contribution in [0, 0.1) is 11.8 Å². The highest BCUT2D eigenvalue weighted by Crippen LogP contribution is 2.25. The van der Waals surface area contributed by atoms with Gasteiger partial charge in [-0.15, -0.1) is 0 Å². The first-order valence-corrected chi connectivity index (χ1v) is 6.89. The van der Waals surface area contributed by atoms with Crippen LogP contribution in [0.15, 0.2) is 18.2 Å². The minimum Gasteiger partial charge on any atom is -0.469 e. The number of likely N-dealkylation sites (tertiary alicyclic amines) is 1. The van der Waals surface area contributed by atoms with Crippen molar-refractivity contribution in [3.63, 3.8) is 0 Å². The fourth-order valence-electron chi connectivity index (χ4n) is 2.67. The number of carbonyl (C=O) groups excluding carboxylic acids is 2. The highest BCUT2D eigenvalue weighted by Gasteiger charge is 2.35. The Morgan fingerprint density at radius 3 is 2.71 bits per heavy atom. The Morgan fingerprint density at radius 1 is 1.29 bits per heavy atom. The minimum absolute atomic E-state index is 0.0983. The zero-order valence-electron chi connectivity index (χ0n) is 12.5. The van der Waals surface area contributed by atoms with Crippen molar-refractivity contribution in [1.82, 2.24) is 9.88 Å². The van der Waals surface area contributed by atoms with Crippen LogP contribution < -0.4 is 0 Å². The molecule has 0 saturated carbocycles. The van der Waals surface area contributed by atoms with Gasteiger partial charge in [0.1, 0.15) is 5.69 Å². The Labute approximate surface area is 124 Å². The van der Waals surface area contributed by atoms with E-state index >= 15 is 0 Å². The number of ether oxygens (including phenoxy) is 2. The number of nitrogens with zero attached hydrogens (tertiary/aromatic N) is 2. The number of hydrogen-bond acceptors (Lipinski definition) is 6. The molecule has 1 aromatic heterocycles. The average molecular weight is 292 g/mol. The maximum atomic E-state index is 11.7. The van der Waals surface area contributed by atoms with Crippen molar-refractivity contribution in [2.45, 2.75) is 13.5 Å². The summed E-state index contributed by atoms with van der Waals surface area (Å²) in [6.07, 6.45) is 0. The molecule has 0 amide bonds. The fourth-order valence-corrected chi connectivity index (χ4v) is 2.67. The first-order chi connectivity index (χ1) is 10.0. The smallest absolute Gasteiger partial charge is 0.356 e. The van der Waals surface area contributed by atoms with Gasteiger partial charge in [0.2, 0.25) is 0 Å². The zero-order valence-corrected chi connectivity index (χ0v) is 12.5. The van der Waals surface area contributed by atoms with Crippen LogP contribution in [0.25, 0.3) is 0 Å². The third-order valence-electron chi connectivity index (χ3n) is 3.78. The molecule has 114 valence electrons. The summed E-state index contributed by atoms with van der Waals surface area (Å²) in [7, 11) is 2.75. The summed E-state index contributed by atoms with van der Waals surface area (Å²) in [5.74, 6) is -0.458. The summed E-state index contributed by atoms with van der Waals surface area (Å²) in [5, 5.41) is 0. The summed E-state index contributed by atoms with van der Waals surface area (Å²) in [6.45, 7) is 4.10. The second kappa shape index (κ2) is 6.67. The van der Waals surface area contributed by atoms with E-state index in [0.29, 0.717) is 18.8 Å². The SMILES string of the molecule is COC(=O)c1cccc(CN2CC(C)C(C(=O)OC)C2)n1. The molecule has 2 atom stereocenters. The Morgan fingerprint density at radius 2 is 2.05 bits per heavy atom. The van der Waals surface area contributed by atoms with Crippen LogP contribution in [0.3, 0.4) is 0 Å². The summed E-state index contributed by atoms with van der Waals surface area (Å²) >= 11 is 0. The maximum Gasteiger partial charge on any atom is 0.356 e. The minimum atomic E-state index is -0.445. The highest BCUT2D eigenvalue weighted by atomic mass is 16.5. The molecular formula is C15H20N2O4. The van der Waals surface area contributed by atoms with E-state index in [1.54, 1.807) is 12.1 Å². The van der Waals surface area contributed by atoms with Gasteiger partial charge in [-0.3, -0.25) is 9.69 Å². The molecule has 1 aliphatic heterocycles. The zero-order chi connectivity index (χ0) is 15.4. The molecule has 1 aliphatic rings. The van der Waals surface area contributed by atoms with E-state index in [-0.39, 0.29) is 17.8 Å². The van der Waals surface area contributed by atoms with Crippen molar-refractivity contribution in [2.75, 3.05) is 27.3 Å². The van der Waals surface area contributed by atoms with Crippen molar-refractivity contribution in [3.05, 3.63) is 29.6 Å². The van der Waals surface area contributed by atoms with E-state index in [0.717, 1.165) is 12.2 Å². The van der Waals surface area contributed by atoms with Gasteiger partial charge in [-0.1, -0.05) is 13.0 Å². The predicted molar refractivity (Wildman–Crippen MR) is 75.5 cm³/mol. The number of hydrogen-bond donors (Lipinski definition) is 0. The van der Waals surface area contributed by atoms with Crippen molar-refractivity contribution >= 4 is 11.9 Å². The van der Waals surface area contributed by atoms with Crippen LogP contribution in [0.1, 0.15) is 23.1 Å². The number of esters is 2. The van der Waals surface area contributed by atoms with Crippen molar-refractivity contribution in [3.8, 4) is 0 Å². The van der Waals surface area contributed by atoms with Gasteiger partial charge in [0, 0.05) is 19.6 Å². The van der Waals surface area contributed by atoms with Crippen LogP contribution >= 0.6 is 0 Å². The molecule has 1 saturated heterocycles. The predicted octanol–water partition coefficient (Wildman–Crippen LogP) is 1.11. The Bertz CT molecular complexity index is 532. The van der Waals surface area contributed by atoms with E-state index in [4.69, 9.17) is 4.74 Å². The Hall–Kier alpha value is -1.95. The lowest BCUT2D eigenvalue weighted by molar-refractivity contribution is -0.146. The number of aromatic nitrogens is 1. The lowest BCUT2D eigenvalue weighted by Gasteiger charge is -2.15. The molecule has 2 heterocycles. The lowest BCUT2D eigenvalue weighted by atomic mass is 9.99. The third kappa shape index (κ3) is 3.58. The molecule has 1 aromatic rings. The van der Waals surface area contributed by atoms with Gasteiger partial charge < -0.3 is 9.47 Å². The summed E-state index contributed by atoms with van der Waals surface area (Å²) in [5.41, 5.74) is 1.09. The molecule has 0 N–H and O–H groups in total. The molecule has 6 nitrogen and oxygen atoms in total. The van der Waals surface area contributed by atoms with Crippen molar-refractivity contribution < 1.29 is 19.1 Å². The molecule has 0 aliphatic carbocycles. The van der Waals surface area contributed by atoms with Gasteiger partial charge in [0.15, 0.2) is 0 Å².